The van der Waals surface area contributed by atoms with E-state index in [9.17, 15) is 14.7 Å². The third kappa shape index (κ3) is 6.88. The van der Waals surface area contributed by atoms with Crippen LogP contribution in [0.5, 0.6) is 0 Å². The van der Waals surface area contributed by atoms with E-state index >= 15 is 0 Å². The number of carbonyl (C=O) groups excluding carboxylic acids is 2. The number of amides is 2. The zero-order valence-corrected chi connectivity index (χ0v) is 19.8. The molecule has 0 bridgehead atoms. The number of aliphatic hydroxyl groups excluding tert-OH is 1. The first-order valence-electron chi connectivity index (χ1n) is 12.3. The number of carbonyl (C=O) groups is 2. The highest BCUT2D eigenvalue weighted by molar-refractivity contribution is 5.94. The number of nitrogens with two attached hydrogens (primary N) is 1. The standard InChI is InChI=1S/C27H36N4O3/c28-26(33)24-5-2-12-31(19-24)18-22-4-1-3-21(15-22)16-29-27(34)23-8-6-20(7-9-23)17-30-13-10-25(32)11-14-30/h1,3-4,6-9,15,24-25,32H,2,5,10-14,16-19H2,(H2,28,33)(H,29,34). The average molecular weight is 465 g/mol. The number of rotatable bonds is 8. The summed E-state index contributed by atoms with van der Waals surface area (Å²) in [7, 11) is 0. The second-order valence-corrected chi connectivity index (χ2v) is 9.68. The van der Waals surface area contributed by atoms with Gasteiger partial charge in [0.2, 0.25) is 5.91 Å². The predicted octanol–water partition coefficient (Wildman–Crippen LogP) is 2.27. The lowest BCUT2D eigenvalue weighted by molar-refractivity contribution is -0.123. The molecular formula is C27H36N4O3. The van der Waals surface area contributed by atoms with Gasteiger partial charge in [-0.15, -0.1) is 0 Å². The van der Waals surface area contributed by atoms with Gasteiger partial charge < -0.3 is 16.2 Å². The van der Waals surface area contributed by atoms with E-state index in [-0.39, 0.29) is 23.8 Å². The minimum Gasteiger partial charge on any atom is -0.393 e. The molecule has 182 valence electrons. The molecule has 2 heterocycles. The zero-order valence-electron chi connectivity index (χ0n) is 19.8. The van der Waals surface area contributed by atoms with E-state index in [0.717, 1.165) is 64.0 Å². The predicted molar refractivity (Wildman–Crippen MR) is 132 cm³/mol. The SMILES string of the molecule is NC(=O)C1CCCN(Cc2cccc(CNC(=O)c3ccc(CN4CCC(O)CC4)cc3)c2)C1. The minimum atomic E-state index is -0.208. The Morgan fingerprint density at radius 3 is 2.35 bits per heavy atom. The molecule has 2 saturated heterocycles. The van der Waals surface area contributed by atoms with Crippen LogP contribution in [0.15, 0.2) is 48.5 Å². The van der Waals surface area contributed by atoms with E-state index in [4.69, 9.17) is 5.73 Å². The molecule has 0 aliphatic carbocycles. The van der Waals surface area contributed by atoms with E-state index in [2.05, 4.69) is 27.2 Å². The highest BCUT2D eigenvalue weighted by Crippen LogP contribution is 2.19. The third-order valence-corrected chi connectivity index (χ3v) is 6.94. The molecule has 2 fully saturated rings. The van der Waals surface area contributed by atoms with Crippen molar-refractivity contribution >= 4 is 11.8 Å². The van der Waals surface area contributed by atoms with E-state index < -0.39 is 0 Å². The van der Waals surface area contributed by atoms with Crippen LogP contribution in [0.4, 0.5) is 0 Å². The summed E-state index contributed by atoms with van der Waals surface area (Å²) < 4.78 is 0. The molecule has 7 heteroatoms. The number of aliphatic hydroxyl groups is 1. The van der Waals surface area contributed by atoms with Gasteiger partial charge in [-0.05, 0) is 61.1 Å². The Morgan fingerprint density at radius 2 is 1.62 bits per heavy atom. The Labute approximate surface area is 201 Å². The second-order valence-electron chi connectivity index (χ2n) is 9.68. The van der Waals surface area contributed by atoms with Crippen LogP contribution in [0.1, 0.15) is 52.7 Å². The molecule has 2 amide bonds. The van der Waals surface area contributed by atoms with E-state index in [1.54, 1.807) is 0 Å². The number of nitrogens with one attached hydrogen (secondary N) is 1. The van der Waals surface area contributed by atoms with Crippen molar-refractivity contribution in [3.63, 3.8) is 0 Å². The number of primary amides is 1. The molecule has 4 rings (SSSR count). The maximum atomic E-state index is 12.7. The van der Waals surface area contributed by atoms with Crippen LogP contribution in [-0.2, 0) is 24.4 Å². The number of nitrogens with zero attached hydrogens (tertiary/aromatic N) is 2. The number of hydrogen-bond donors (Lipinski definition) is 3. The van der Waals surface area contributed by atoms with Gasteiger partial charge in [-0.25, -0.2) is 0 Å². The molecule has 2 aromatic carbocycles. The van der Waals surface area contributed by atoms with Crippen LogP contribution < -0.4 is 11.1 Å². The molecular weight excluding hydrogens is 428 g/mol. The molecule has 2 aromatic rings. The highest BCUT2D eigenvalue weighted by Gasteiger charge is 2.24. The first-order valence-corrected chi connectivity index (χ1v) is 12.3. The number of piperidine rings is 2. The molecule has 0 spiro atoms. The maximum absolute atomic E-state index is 12.7. The lowest BCUT2D eigenvalue weighted by atomic mass is 9.97. The third-order valence-electron chi connectivity index (χ3n) is 6.94. The molecule has 0 radical (unpaired) electrons. The van der Waals surface area contributed by atoms with Gasteiger partial charge in [0.25, 0.3) is 5.91 Å². The summed E-state index contributed by atoms with van der Waals surface area (Å²) in [5.74, 6) is -0.353. The summed E-state index contributed by atoms with van der Waals surface area (Å²) in [5, 5.41) is 12.7. The summed E-state index contributed by atoms with van der Waals surface area (Å²) in [6.07, 6.45) is 3.35. The highest BCUT2D eigenvalue weighted by atomic mass is 16.3. The van der Waals surface area contributed by atoms with Crippen LogP contribution in [0, 0.1) is 5.92 Å². The van der Waals surface area contributed by atoms with Crippen molar-refractivity contribution in [3.05, 3.63) is 70.8 Å². The van der Waals surface area contributed by atoms with Gasteiger partial charge in [0.05, 0.1) is 12.0 Å². The van der Waals surface area contributed by atoms with Crippen LogP contribution in [0.2, 0.25) is 0 Å². The molecule has 2 aliphatic rings. The summed E-state index contributed by atoms with van der Waals surface area (Å²) in [6, 6.07) is 16.0. The molecule has 34 heavy (non-hydrogen) atoms. The monoisotopic (exact) mass is 464 g/mol. The number of hydrogen-bond acceptors (Lipinski definition) is 5. The minimum absolute atomic E-state index is 0.0599. The Balaban J connectivity index is 1.26. The molecule has 0 saturated carbocycles. The fourth-order valence-corrected chi connectivity index (χ4v) is 4.91. The van der Waals surface area contributed by atoms with Crippen molar-refractivity contribution in [1.29, 1.82) is 0 Å². The second kappa shape index (κ2) is 11.6. The Bertz CT molecular complexity index is 970. The Morgan fingerprint density at radius 1 is 0.912 bits per heavy atom. The van der Waals surface area contributed by atoms with E-state index in [1.165, 1.54) is 11.1 Å². The quantitative estimate of drug-likeness (QED) is 0.557. The lowest BCUT2D eigenvalue weighted by Crippen LogP contribution is -2.40. The van der Waals surface area contributed by atoms with Gasteiger partial charge in [0, 0.05) is 44.8 Å². The molecule has 1 unspecified atom stereocenters. The summed E-state index contributed by atoms with van der Waals surface area (Å²) >= 11 is 0. The van der Waals surface area contributed by atoms with Crippen molar-refractivity contribution in [1.82, 2.24) is 15.1 Å². The van der Waals surface area contributed by atoms with E-state index in [1.807, 2.05) is 36.4 Å². The molecule has 2 aliphatic heterocycles. The normalized spacial score (nSPS) is 20.2. The first-order chi connectivity index (χ1) is 16.5. The lowest BCUT2D eigenvalue weighted by Gasteiger charge is -2.31. The molecule has 0 aromatic heterocycles. The van der Waals surface area contributed by atoms with E-state index in [0.29, 0.717) is 18.7 Å². The number of benzene rings is 2. The summed E-state index contributed by atoms with van der Waals surface area (Å²) in [6.45, 7) is 5.60. The average Bonchev–Trinajstić information content (AvgIpc) is 2.85. The van der Waals surface area contributed by atoms with Crippen molar-refractivity contribution in [2.75, 3.05) is 26.2 Å². The van der Waals surface area contributed by atoms with Crippen molar-refractivity contribution in [2.45, 2.75) is 51.4 Å². The molecule has 1 atom stereocenters. The van der Waals surface area contributed by atoms with Crippen LogP contribution in [-0.4, -0.2) is 59.0 Å². The van der Waals surface area contributed by atoms with Crippen LogP contribution in [0.25, 0.3) is 0 Å². The Hall–Kier alpha value is -2.74. The number of likely N-dealkylation sites (tertiary alicyclic amines) is 2. The summed E-state index contributed by atoms with van der Waals surface area (Å²) in [5.41, 5.74) is 9.56. The van der Waals surface area contributed by atoms with Gasteiger partial charge in [-0.2, -0.15) is 0 Å². The zero-order chi connectivity index (χ0) is 23.9. The van der Waals surface area contributed by atoms with Gasteiger partial charge in [-0.1, -0.05) is 36.4 Å². The topological polar surface area (TPSA) is 98.9 Å². The van der Waals surface area contributed by atoms with Crippen LogP contribution >= 0.6 is 0 Å². The largest absolute Gasteiger partial charge is 0.393 e. The van der Waals surface area contributed by atoms with Crippen molar-refractivity contribution < 1.29 is 14.7 Å². The van der Waals surface area contributed by atoms with Gasteiger partial charge in [-0.3, -0.25) is 19.4 Å². The summed E-state index contributed by atoms with van der Waals surface area (Å²) in [4.78, 5) is 28.8. The fourth-order valence-electron chi connectivity index (χ4n) is 4.91. The molecule has 4 N–H and O–H groups in total. The van der Waals surface area contributed by atoms with Crippen LogP contribution in [0.3, 0.4) is 0 Å². The first kappa shape index (κ1) is 24.4. The van der Waals surface area contributed by atoms with Gasteiger partial charge in [0.15, 0.2) is 0 Å². The van der Waals surface area contributed by atoms with Crippen molar-refractivity contribution in [2.24, 2.45) is 11.7 Å². The van der Waals surface area contributed by atoms with Crippen molar-refractivity contribution in [3.8, 4) is 0 Å². The smallest absolute Gasteiger partial charge is 0.251 e. The maximum Gasteiger partial charge on any atom is 0.251 e. The van der Waals surface area contributed by atoms with Gasteiger partial charge in [0.1, 0.15) is 0 Å². The van der Waals surface area contributed by atoms with Gasteiger partial charge >= 0.3 is 0 Å². The fraction of sp³-hybridized carbons (Fsp3) is 0.481. The molecule has 7 nitrogen and oxygen atoms in total. The Kier molecular flexibility index (Phi) is 8.32.